The van der Waals surface area contributed by atoms with Crippen molar-refractivity contribution in [3.05, 3.63) is 87.9 Å². The fourth-order valence-corrected chi connectivity index (χ4v) is 3.37. The molecule has 0 aliphatic heterocycles. The average Bonchev–Trinajstić information content (AvgIpc) is 3.12. The zero-order valence-corrected chi connectivity index (χ0v) is 15.8. The minimum absolute atomic E-state index is 0.226. The van der Waals surface area contributed by atoms with Gasteiger partial charge in [0.25, 0.3) is 5.91 Å². The molecule has 1 heterocycles. The third-order valence-electron chi connectivity index (χ3n) is 4.02. The molecule has 1 aromatic heterocycles. The second kappa shape index (κ2) is 9.09. The quantitative estimate of drug-likeness (QED) is 0.663. The van der Waals surface area contributed by atoms with Crippen LogP contribution in [-0.4, -0.2) is 22.8 Å². The Labute approximate surface area is 162 Å². The van der Waals surface area contributed by atoms with Crippen LogP contribution in [0.3, 0.4) is 0 Å². The summed E-state index contributed by atoms with van der Waals surface area (Å²) in [5.74, 6) is -0.493. The van der Waals surface area contributed by atoms with E-state index in [0.717, 1.165) is 16.3 Å². The van der Waals surface area contributed by atoms with Gasteiger partial charge in [-0.1, -0.05) is 48.5 Å². The summed E-state index contributed by atoms with van der Waals surface area (Å²) in [6.45, 7) is 2.27. The van der Waals surface area contributed by atoms with Crippen LogP contribution in [0.15, 0.2) is 66.0 Å². The van der Waals surface area contributed by atoms with Gasteiger partial charge in [-0.3, -0.25) is 9.59 Å². The van der Waals surface area contributed by atoms with E-state index in [4.69, 9.17) is 0 Å². The molecular formula is C21H21N3O2S. The summed E-state index contributed by atoms with van der Waals surface area (Å²) in [4.78, 5) is 29.6. The first-order chi connectivity index (χ1) is 13.1. The third kappa shape index (κ3) is 5.49. The van der Waals surface area contributed by atoms with E-state index in [1.165, 1.54) is 11.3 Å². The number of aromatic nitrogens is 1. The van der Waals surface area contributed by atoms with E-state index in [1.54, 1.807) is 24.3 Å². The number of nitrogens with zero attached hydrogens (tertiary/aromatic N) is 1. The van der Waals surface area contributed by atoms with Gasteiger partial charge in [0.15, 0.2) is 0 Å². The summed E-state index contributed by atoms with van der Waals surface area (Å²) >= 11 is 1.50. The molecule has 0 saturated heterocycles. The monoisotopic (exact) mass is 379 g/mol. The number of hydrogen-bond acceptors (Lipinski definition) is 4. The molecule has 27 heavy (non-hydrogen) atoms. The second-order valence-corrected chi connectivity index (χ2v) is 7.12. The van der Waals surface area contributed by atoms with Crippen molar-refractivity contribution in [2.45, 2.75) is 25.9 Å². The number of carbonyl (C=O) groups excluding carboxylic acids is 2. The standard InChI is InChI=1S/C21H21N3O2S/c1-15-14-27-19(23-15)13-22-21(26)18(12-16-8-4-2-5-9-16)24-20(25)17-10-6-3-7-11-17/h2-11,14,18H,12-13H2,1H3,(H,22,26)(H,24,25)/t18-/m1/s1. The van der Waals surface area contributed by atoms with E-state index >= 15 is 0 Å². The molecule has 0 spiro atoms. The van der Waals surface area contributed by atoms with Crippen LogP contribution in [0.4, 0.5) is 0 Å². The van der Waals surface area contributed by atoms with Crippen LogP contribution in [0, 0.1) is 6.92 Å². The summed E-state index contributed by atoms with van der Waals surface area (Å²) in [7, 11) is 0. The van der Waals surface area contributed by atoms with Crippen molar-refractivity contribution >= 4 is 23.2 Å². The maximum atomic E-state index is 12.7. The highest BCUT2D eigenvalue weighted by atomic mass is 32.1. The van der Waals surface area contributed by atoms with Crippen LogP contribution in [0.2, 0.25) is 0 Å². The first-order valence-electron chi connectivity index (χ1n) is 8.70. The van der Waals surface area contributed by atoms with E-state index in [0.29, 0.717) is 18.5 Å². The minimum atomic E-state index is -0.666. The highest BCUT2D eigenvalue weighted by Crippen LogP contribution is 2.09. The lowest BCUT2D eigenvalue weighted by Crippen LogP contribution is -2.47. The van der Waals surface area contributed by atoms with Gasteiger partial charge in [-0.25, -0.2) is 4.98 Å². The van der Waals surface area contributed by atoms with Crippen LogP contribution in [0.25, 0.3) is 0 Å². The normalized spacial score (nSPS) is 11.6. The van der Waals surface area contributed by atoms with Gasteiger partial charge >= 0.3 is 0 Å². The van der Waals surface area contributed by atoms with Crippen molar-refractivity contribution in [3.63, 3.8) is 0 Å². The van der Waals surface area contributed by atoms with Gasteiger partial charge in [0.2, 0.25) is 5.91 Å². The number of carbonyl (C=O) groups is 2. The summed E-state index contributed by atoms with van der Waals surface area (Å²) in [6.07, 6.45) is 0.419. The third-order valence-corrected chi connectivity index (χ3v) is 4.99. The largest absolute Gasteiger partial charge is 0.348 e. The van der Waals surface area contributed by atoms with Crippen LogP contribution in [0.1, 0.15) is 26.6 Å². The second-order valence-electron chi connectivity index (χ2n) is 6.18. The molecule has 2 N–H and O–H groups in total. The van der Waals surface area contributed by atoms with Crippen molar-refractivity contribution in [3.8, 4) is 0 Å². The molecule has 0 aliphatic carbocycles. The number of hydrogen-bond donors (Lipinski definition) is 2. The van der Waals surface area contributed by atoms with Crippen LogP contribution < -0.4 is 10.6 Å². The van der Waals surface area contributed by atoms with Crippen LogP contribution >= 0.6 is 11.3 Å². The van der Waals surface area contributed by atoms with Gasteiger partial charge in [-0.2, -0.15) is 0 Å². The molecule has 0 saturated carbocycles. The van der Waals surface area contributed by atoms with Crippen molar-refractivity contribution in [2.75, 3.05) is 0 Å². The molecule has 3 rings (SSSR count). The topological polar surface area (TPSA) is 71.1 Å². The van der Waals surface area contributed by atoms with Gasteiger partial charge in [-0.05, 0) is 24.6 Å². The summed E-state index contributed by atoms with van der Waals surface area (Å²) < 4.78 is 0. The highest BCUT2D eigenvalue weighted by molar-refractivity contribution is 7.09. The lowest BCUT2D eigenvalue weighted by molar-refractivity contribution is -0.123. The summed E-state index contributed by atoms with van der Waals surface area (Å²) in [6, 6.07) is 17.9. The Hall–Kier alpha value is -2.99. The predicted molar refractivity (Wildman–Crippen MR) is 107 cm³/mol. The lowest BCUT2D eigenvalue weighted by atomic mass is 10.0. The zero-order chi connectivity index (χ0) is 19.1. The van der Waals surface area contributed by atoms with Crippen LogP contribution in [0.5, 0.6) is 0 Å². The zero-order valence-electron chi connectivity index (χ0n) is 15.0. The van der Waals surface area contributed by atoms with E-state index in [-0.39, 0.29) is 11.8 Å². The van der Waals surface area contributed by atoms with E-state index in [9.17, 15) is 9.59 Å². The molecule has 0 fully saturated rings. The smallest absolute Gasteiger partial charge is 0.251 e. The van der Waals surface area contributed by atoms with Crippen LogP contribution in [-0.2, 0) is 17.8 Å². The Morgan fingerprint density at radius 2 is 1.70 bits per heavy atom. The van der Waals surface area contributed by atoms with Gasteiger partial charge in [0.1, 0.15) is 11.0 Å². The average molecular weight is 379 g/mol. The van der Waals surface area contributed by atoms with Crippen molar-refractivity contribution < 1.29 is 9.59 Å². The first-order valence-corrected chi connectivity index (χ1v) is 9.58. The number of benzene rings is 2. The highest BCUT2D eigenvalue weighted by Gasteiger charge is 2.22. The predicted octanol–water partition coefficient (Wildman–Crippen LogP) is 3.11. The molecule has 138 valence electrons. The SMILES string of the molecule is Cc1csc(CNC(=O)[C@@H](Cc2ccccc2)NC(=O)c2ccccc2)n1. The van der Waals surface area contributed by atoms with Gasteiger partial charge < -0.3 is 10.6 Å². The Kier molecular flexibility index (Phi) is 6.33. The van der Waals surface area contributed by atoms with Gasteiger partial charge in [-0.15, -0.1) is 11.3 Å². The molecule has 0 unspecified atom stereocenters. The molecule has 0 radical (unpaired) electrons. The first kappa shape index (κ1) is 18.8. The maximum Gasteiger partial charge on any atom is 0.251 e. The minimum Gasteiger partial charge on any atom is -0.348 e. The number of rotatable bonds is 7. The molecule has 0 bridgehead atoms. The summed E-state index contributed by atoms with van der Waals surface area (Å²) in [5, 5.41) is 8.52. The van der Waals surface area contributed by atoms with Gasteiger partial charge in [0.05, 0.1) is 6.54 Å². The van der Waals surface area contributed by atoms with Crippen molar-refractivity contribution in [2.24, 2.45) is 0 Å². The lowest BCUT2D eigenvalue weighted by Gasteiger charge is -2.18. The molecule has 6 heteroatoms. The fraction of sp³-hybridized carbons (Fsp3) is 0.190. The number of amides is 2. The van der Waals surface area contributed by atoms with Crippen molar-refractivity contribution in [1.82, 2.24) is 15.6 Å². The fourth-order valence-electron chi connectivity index (χ4n) is 2.66. The molecule has 1 atom stereocenters. The number of aryl methyl sites for hydroxylation is 1. The Bertz CT molecular complexity index is 894. The number of thiazole rings is 1. The van der Waals surface area contributed by atoms with E-state index in [2.05, 4.69) is 15.6 Å². The molecular weight excluding hydrogens is 358 g/mol. The van der Waals surface area contributed by atoms with E-state index in [1.807, 2.05) is 48.7 Å². The maximum absolute atomic E-state index is 12.7. The Morgan fingerprint density at radius 1 is 1.04 bits per heavy atom. The van der Waals surface area contributed by atoms with E-state index < -0.39 is 6.04 Å². The molecule has 3 aromatic rings. The molecule has 0 aliphatic rings. The Morgan fingerprint density at radius 3 is 2.33 bits per heavy atom. The summed E-state index contributed by atoms with van der Waals surface area (Å²) in [5.41, 5.74) is 2.44. The molecule has 2 aromatic carbocycles. The Balaban J connectivity index is 1.70. The number of nitrogens with one attached hydrogen (secondary N) is 2. The molecule has 5 nitrogen and oxygen atoms in total. The molecule has 2 amide bonds. The van der Waals surface area contributed by atoms with Crippen molar-refractivity contribution in [1.29, 1.82) is 0 Å². The van der Waals surface area contributed by atoms with Gasteiger partial charge in [0, 0.05) is 23.1 Å².